The molecule has 1 rings (SSSR count). The van der Waals surface area contributed by atoms with Crippen molar-refractivity contribution >= 4 is 5.78 Å². The maximum absolute atomic E-state index is 11.3. The topological polar surface area (TPSA) is 17.1 Å². The zero-order chi connectivity index (χ0) is 10.1. The van der Waals surface area contributed by atoms with E-state index < -0.39 is 0 Å². The van der Waals surface area contributed by atoms with Crippen molar-refractivity contribution in [1.29, 1.82) is 0 Å². The monoisotopic (exact) mass is 178 g/mol. The predicted molar refractivity (Wildman–Crippen MR) is 55.5 cm³/mol. The summed E-state index contributed by atoms with van der Waals surface area (Å²) in [5.74, 6) is 0.794. The minimum absolute atomic E-state index is 0.0544. The van der Waals surface area contributed by atoms with Crippen LogP contribution in [0.2, 0.25) is 0 Å². The van der Waals surface area contributed by atoms with Gasteiger partial charge in [0.2, 0.25) is 0 Å². The van der Waals surface area contributed by atoms with Gasteiger partial charge in [-0.25, -0.2) is 0 Å². The molecule has 0 spiro atoms. The number of allylic oxidation sites excluding steroid dienone is 2. The molecule has 1 aliphatic carbocycles. The Kier molecular flexibility index (Phi) is 2.74. The van der Waals surface area contributed by atoms with Crippen LogP contribution in [0.3, 0.4) is 0 Å². The van der Waals surface area contributed by atoms with Gasteiger partial charge in [0.25, 0.3) is 0 Å². The second-order valence-electron chi connectivity index (χ2n) is 4.36. The van der Waals surface area contributed by atoms with Crippen molar-refractivity contribution in [3.8, 4) is 0 Å². The zero-order valence-corrected chi connectivity index (χ0v) is 8.60. The third-order valence-corrected chi connectivity index (χ3v) is 3.15. The lowest BCUT2D eigenvalue weighted by Gasteiger charge is -2.38. The molecule has 1 heteroatoms. The molecule has 2 atom stereocenters. The largest absolute Gasteiger partial charge is 0.300 e. The van der Waals surface area contributed by atoms with Gasteiger partial charge in [0, 0.05) is 12.8 Å². The number of rotatable bonds is 2. The summed E-state index contributed by atoms with van der Waals surface area (Å²) in [7, 11) is 0. The number of hydrogen-bond acceptors (Lipinski definition) is 1. The van der Waals surface area contributed by atoms with Crippen molar-refractivity contribution < 1.29 is 4.79 Å². The van der Waals surface area contributed by atoms with Gasteiger partial charge in [0.15, 0.2) is 0 Å². The van der Waals surface area contributed by atoms with E-state index >= 15 is 0 Å². The molecular weight excluding hydrogens is 160 g/mol. The summed E-state index contributed by atoms with van der Waals surface area (Å²) in [6.45, 7) is 12.0. The molecule has 1 aliphatic rings. The lowest BCUT2D eigenvalue weighted by atomic mass is 9.65. The van der Waals surface area contributed by atoms with Crippen LogP contribution in [-0.4, -0.2) is 5.78 Å². The fourth-order valence-electron chi connectivity index (χ4n) is 2.30. The Labute approximate surface area is 80.5 Å². The van der Waals surface area contributed by atoms with Gasteiger partial charge >= 0.3 is 0 Å². The summed E-state index contributed by atoms with van der Waals surface area (Å²) in [5.41, 5.74) is 1.12. The molecule has 0 saturated heterocycles. The van der Waals surface area contributed by atoms with E-state index in [1.54, 1.807) is 0 Å². The molecule has 0 heterocycles. The molecule has 13 heavy (non-hydrogen) atoms. The Hall–Kier alpha value is -0.850. The van der Waals surface area contributed by atoms with Gasteiger partial charge in [-0.1, -0.05) is 25.2 Å². The van der Waals surface area contributed by atoms with Crippen LogP contribution in [0.5, 0.6) is 0 Å². The van der Waals surface area contributed by atoms with Gasteiger partial charge in [-0.3, -0.25) is 4.79 Å². The maximum atomic E-state index is 11.3. The average molecular weight is 178 g/mol. The SMILES string of the molecule is C=C[C@@]1(C)CC(=O)CC[C@@H]1C(=C)C. The van der Waals surface area contributed by atoms with E-state index in [4.69, 9.17) is 0 Å². The Morgan fingerprint density at radius 2 is 2.31 bits per heavy atom. The first-order valence-electron chi connectivity index (χ1n) is 4.80. The number of ketones is 1. The molecule has 0 aromatic carbocycles. The highest BCUT2D eigenvalue weighted by Gasteiger charge is 2.37. The predicted octanol–water partition coefficient (Wildman–Crippen LogP) is 3.12. The van der Waals surface area contributed by atoms with Gasteiger partial charge in [-0.15, -0.1) is 6.58 Å². The molecule has 0 aromatic heterocycles. The molecular formula is C12H18O. The van der Waals surface area contributed by atoms with Crippen LogP contribution in [0.15, 0.2) is 24.8 Å². The summed E-state index contributed by atoms with van der Waals surface area (Å²) in [5, 5.41) is 0. The standard InChI is InChI=1S/C12H18O/c1-5-12(4)8-10(13)6-7-11(12)9(2)3/h5,11H,1-2,6-8H2,3-4H3/t11-,12+/m1/s1. The van der Waals surface area contributed by atoms with Crippen LogP contribution in [0.1, 0.15) is 33.1 Å². The molecule has 0 aromatic rings. The second-order valence-corrected chi connectivity index (χ2v) is 4.36. The summed E-state index contributed by atoms with van der Waals surface area (Å²) < 4.78 is 0. The van der Waals surface area contributed by atoms with Gasteiger partial charge in [-0.2, -0.15) is 0 Å². The van der Waals surface area contributed by atoms with Gasteiger partial charge in [0.05, 0.1) is 0 Å². The number of carbonyl (C=O) groups is 1. The van der Waals surface area contributed by atoms with Crippen molar-refractivity contribution in [3.05, 3.63) is 24.8 Å². The molecule has 1 saturated carbocycles. The maximum Gasteiger partial charge on any atom is 0.133 e. The molecule has 0 unspecified atom stereocenters. The highest BCUT2D eigenvalue weighted by atomic mass is 16.1. The highest BCUT2D eigenvalue weighted by Crippen LogP contribution is 2.43. The lowest BCUT2D eigenvalue weighted by Crippen LogP contribution is -2.33. The zero-order valence-electron chi connectivity index (χ0n) is 8.60. The number of Topliss-reactive ketones (excluding diaryl/α,β-unsaturated/α-hetero) is 1. The Morgan fingerprint density at radius 3 is 2.77 bits per heavy atom. The Balaban J connectivity index is 2.90. The molecule has 0 N–H and O–H groups in total. The fourth-order valence-corrected chi connectivity index (χ4v) is 2.30. The minimum atomic E-state index is -0.0544. The van der Waals surface area contributed by atoms with E-state index in [0.717, 1.165) is 6.42 Å². The van der Waals surface area contributed by atoms with Gasteiger partial charge in [-0.05, 0) is 24.7 Å². The summed E-state index contributed by atoms with van der Waals surface area (Å²) in [6, 6.07) is 0. The van der Waals surface area contributed by atoms with Crippen molar-refractivity contribution in [3.63, 3.8) is 0 Å². The van der Waals surface area contributed by atoms with Crippen LogP contribution >= 0.6 is 0 Å². The first-order valence-corrected chi connectivity index (χ1v) is 4.80. The van der Waals surface area contributed by atoms with Crippen LogP contribution in [0.25, 0.3) is 0 Å². The van der Waals surface area contributed by atoms with E-state index in [0.29, 0.717) is 24.5 Å². The first kappa shape index (κ1) is 10.2. The average Bonchev–Trinajstić information content (AvgIpc) is 2.03. The molecule has 0 amide bonds. The third-order valence-electron chi connectivity index (χ3n) is 3.15. The van der Waals surface area contributed by atoms with Crippen LogP contribution in [0, 0.1) is 11.3 Å². The highest BCUT2D eigenvalue weighted by molar-refractivity contribution is 5.80. The smallest absolute Gasteiger partial charge is 0.133 e. The summed E-state index contributed by atoms with van der Waals surface area (Å²) in [4.78, 5) is 11.3. The Morgan fingerprint density at radius 1 is 1.69 bits per heavy atom. The van der Waals surface area contributed by atoms with E-state index in [-0.39, 0.29) is 5.41 Å². The third kappa shape index (κ3) is 1.90. The molecule has 0 aliphatic heterocycles. The molecule has 1 fully saturated rings. The van der Waals surface area contributed by atoms with E-state index in [9.17, 15) is 4.79 Å². The number of hydrogen-bond donors (Lipinski definition) is 0. The molecule has 0 radical (unpaired) electrons. The second kappa shape index (κ2) is 3.49. The van der Waals surface area contributed by atoms with Gasteiger partial charge < -0.3 is 0 Å². The van der Waals surface area contributed by atoms with E-state index in [1.165, 1.54) is 5.57 Å². The normalized spacial score (nSPS) is 34.3. The summed E-state index contributed by atoms with van der Waals surface area (Å²) >= 11 is 0. The minimum Gasteiger partial charge on any atom is -0.300 e. The van der Waals surface area contributed by atoms with Crippen molar-refractivity contribution in [2.75, 3.05) is 0 Å². The van der Waals surface area contributed by atoms with E-state index in [2.05, 4.69) is 20.1 Å². The molecule has 1 nitrogen and oxygen atoms in total. The van der Waals surface area contributed by atoms with Crippen LogP contribution < -0.4 is 0 Å². The van der Waals surface area contributed by atoms with Crippen molar-refractivity contribution in [2.24, 2.45) is 11.3 Å². The quantitative estimate of drug-likeness (QED) is 0.594. The lowest BCUT2D eigenvalue weighted by molar-refractivity contribution is -0.123. The molecule has 72 valence electrons. The van der Waals surface area contributed by atoms with Crippen molar-refractivity contribution in [2.45, 2.75) is 33.1 Å². The summed E-state index contributed by atoms with van der Waals surface area (Å²) in [6.07, 6.45) is 4.20. The molecule has 0 bridgehead atoms. The number of carbonyl (C=O) groups excluding carboxylic acids is 1. The van der Waals surface area contributed by atoms with Gasteiger partial charge in [0.1, 0.15) is 5.78 Å². The van der Waals surface area contributed by atoms with Crippen LogP contribution in [-0.2, 0) is 4.79 Å². The first-order chi connectivity index (χ1) is 5.99. The Bertz CT molecular complexity index is 252. The van der Waals surface area contributed by atoms with E-state index in [1.807, 2.05) is 13.0 Å². The van der Waals surface area contributed by atoms with Crippen molar-refractivity contribution in [1.82, 2.24) is 0 Å². The van der Waals surface area contributed by atoms with Crippen LogP contribution in [0.4, 0.5) is 0 Å². The fraction of sp³-hybridized carbons (Fsp3) is 0.583.